The Morgan fingerprint density at radius 3 is 2.83 bits per heavy atom. The van der Waals surface area contributed by atoms with Gasteiger partial charge in [-0.15, -0.1) is 0 Å². The molecular formula is C19H16N2O6S2. The van der Waals surface area contributed by atoms with E-state index in [1.165, 1.54) is 11.0 Å². The van der Waals surface area contributed by atoms with Crippen LogP contribution in [-0.2, 0) is 9.59 Å². The number of nitro groups is 1. The highest BCUT2D eigenvalue weighted by Gasteiger charge is 2.32. The van der Waals surface area contributed by atoms with Crippen molar-refractivity contribution >= 4 is 51.9 Å². The van der Waals surface area contributed by atoms with Crippen LogP contribution in [0.25, 0.3) is 17.4 Å². The summed E-state index contributed by atoms with van der Waals surface area (Å²) in [5.74, 6) is -0.370. The van der Waals surface area contributed by atoms with Crippen LogP contribution in [0.1, 0.15) is 24.2 Å². The van der Waals surface area contributed by atoms with Gasteiger partial charge >= 0.3 is 5.97 Å². The number of carboxylic acids is 1. The van der Waals surface area contributed by atoms with Gasteiger partial charge in [-0.05, 0) is 25.5 Å². The average Bonchev–Trinajstić information content (AvgIpc) is 3.22. The van der Waals surface area contributed by atoms with Crippen molar-refractivity contribution < 1.29 is 24.0 Å². The van der Waals surface area contributed by atoms with Crippen molar-refractivity contribution in [2.45, 2.75) is 19.8 Å². The highest BCUT2D eigenvalue weighted by atomic mass is 32.2. The van der Waals surface area contributed by atoms with Crippen molar-refractivity contribution in [2.24, 2.45) is 0 Å². The minimum Gasteiger partial charge on any atom is -0.481 e. The first kappa shape index (κ1) is 20.7. The topological polar surface area (TPSA) is 114 Å². The molecule has 0 saturated carbocycles. The number of carbonyl (C=O) groups excluding carboxylic acids is 1. The molecule has 1 aromatic carbocycles. The van der Waals surface area contributed by atoms with Crippen LogP contribution in [0, 0.1) is 17.0 Å². The van der Waals surface area contributed by atoms with Gasteiger partial charge in [0.05, 0.1) is 9.83 Å². The van der Waals surface area contributed by atoms with Crippen LogP contribution in [0.2, 0.25) is 0 Å². The molecule has 0 aliphatic carbocycles. The Kier molecular flexibility index (Phi) is 6.14. The van der Waals surface area contributed by atoms with Gasteiger partial charge in [-0.25, -0.2) is 0 Å². The van der Waals surface area contributed by atoms with E-state index in [9.17, 15) is 19.7 Å². The molecule has 1 aliphatic rings. The molecule has 0 atom stereocenters. The van der Waals surface area contributed by atoms with E-state index in [0.717, 1.165) is 11.8 Å². The smallest absolute Gasteiger partial charge is 0.303 e. The number of nitrogens with zero attached hydrogens (tertiary/aromatic N) is 2. The number of thiocarbonyl (C=S) groups is 1. The molecule has 1 aliphatic heterocycles. The van der Waals surface area contributed by atoms with Crippen molar-refractivity contribution in [1.82, 2.24) is 4.90 Å². The molecule has 150 valence electrons. The summed E-state index contributed by atoms with van der Waals surface area (Å²) >= 11 is 6.33. The molecule has 1 N–H and O–H groups in total. The Labute approximate surface area is 175 Å². The fourth-order valence-electron chi connectivity index (χ4n) is 2.76. The number of benzene rings is 1. The summed E-state index contributed by atoms with van der Waals surface area (Å²) in [6.07, 6.45) is 1.83. The minimum absolute atomic E-state index is 0.00248. The van der Waals surface area contributed by atoms with E-state index in [-0.39, 0.29) is 24.6 Å². The lowest BCUT2D eigenvalue weighted by atomic mass is 10.1. The Morgan fingerprint density at radius 2 is 2.14 bits per heavy atom. The van der Waals surface area contributed by atoms with Gasteiger partial charge in [0.25, 0.3) is 11.6 Å². The predicted molar refractivity (Wildman–Crippen MR) is 112 cm³/mol. The van der Waals surface area contributed by atoms with Crippen molar-refractivity contribution in [3.05, 3.63) is 56.7 Å². The van der Waals surface area contributed by atoms with E-state index in [0.29, 0.717) is 38.3 Å². The first-order chi connectivity index (χ1) is 13.8. The quantitative estimate of drug-likeness (QED) is 0.299. The van der Waals surface area contributed by atoms with Crippen LogP contribution in [0.3, 0.4) is 0 Å². The van der Waals surface area contributed by atoms with Crippen LogP contribution in [0.5, 0.6) is 0 Å². The largest absolute Gasteiger partial charge is 0.481 e. The predicted octanol–water partition coefficient (Wildman–Crippen LogP) is 4.23. The number of rotatable bonds is 7. The summed E-state index contributed by atoms with van der Waals surface area (Å²) in [6.45, 7) is 1.90. The lowest BCUT2D eigenvalue weighted by molar-refractivity contribution is -0.385. The molecule has 2 aromatic rings. The summed E-state index contributed by atoms with van der Waals surface area (Å²) in [5, 5.41) is 19.8. The van der Waals surface area contributed by atoms with Gasteiger partial charge < -0.3 is 9.52 Å². The number of hydrogen-bond acceptors (Lipinski definition) is 7. The lowest BCUT2D eigenvalue weighted by Gasteiger charge is -2.13. The third-order valence-corrected chi connectivity index (χ3v) is 5.61. The monoisotopic (exact) mass is 432 g/mol. The van der Waals surface area contributed by atoms with Gasteiger partial charge in [-0.1, -0.05) is 36.1 Å². The standard InChI is InChI=1S/C19H16N2O6S2/c1-11-4-5-12(9-14(11)21(25)26)15-7-6-13(27-15)10-16-18(24)20(19(28)29-16)8-2-3-17(22)23/h4-7,9-10H,2-3,8H2,1H3,(H,22,23)/b16-10-. The van der Waals surface area contributed by atoms with Crippen molar-refractivity contribution in [3.8, 4) is 11.3 Å². The normalized spacial score (nSPS) is 15.3. The summed E-state index contributed by atoms with van der Waals surface area (Å²) in [6, 6.07) is 8.16. The second-order valence-electron chi connectivity index (χ2n) is 6.29. The summed E-state index contributed by atoms with van der Waals surface area (Å²) in [7, 11) is 0. The first-order valence-electron chi connectivity index (χ1n) is 8.58. The number of furan rings is 1. The summed E-state index contributed by atoms with van der Waals surface area (Å²) in [5.41, 5.74) is 1.11. The molecule has 2 heterocycles. The number of carboxylic acid groups (broad SMARTS) is 1. The third kappa shape index (κ3) is 4.72. The molecule has 0 radical (unpaired) electrons. The van der Waals surface area contributed by atoms with E-state index < -0.39 is 10.9 Å². The van der Waals surface area contributed by atoms with Crippen molar-refractivity contribution in [1.29, 1.82) is 0 Å². The molecular weight excluding hydrogens is 416 g/mol. The van der Waals surface area contributed by atoms with Crippen LogP contribution in [-0.4, -0.2) is 37.7 Å². The fraction of sp³-hybridized carbons (Fsp3) is 0.211. The second-order valence-corrected chi connectivity index (χ2v) is 7.97. The fourth-order valence-corrected chi connectivity index (χ4v) is 4.04. The molecule has 3 rings (SSSR count). The van der Waals surface area contributed by atoms with Gasteiger partial charge in [0, 0.05) is 36.2 Å². The van der Waals surface area contributed by atoms with Gasteiger partial charge in [0.15, 0.2) is 0 Å². The van der Waals surface area contributed by atoms with E-state index in [1.54, 1.807) is 37.3 Å². The number of aryl methyl sites for hydroxylation is 1. The van der Waals surface area contributed by atoms with E-state index in [4.69, 9.17) is 21.7 Å². The molecule has 8 nitrogen and oxygen atoms in total. The first-order valence-corrected chi connectivity index (χ1v) is 9.81. The second kappa shape index (κ2) is 8.58. The lowest BCUT2D eigenvalue weighted by Crippen LogP contribution is -2.29. The third-order valence-electron chi connectivity index (χ3n) is 4.24. The Balaban J connectivity index is 1.77. The molecule has 10 heteroatoms. The molecule has 0 bridgehead atoms. The highest BCUT2D eigenvalue weighted by molar-refractivity contribution is 8.26. The summed E-state index contributed by atoms with van der Waals surface area (Å²) in [4.78, 5) is 35.6. The average molecular weight is 432 g/mol. The maximum atomic E-state index is 12.5. The SMILES string of the molecule is Cc1ccc(-c2ccc(/C=C3\SC(=S)N(CCCC(=O)O)C3=O)o2)cc1[N+](=O)[O-]. The maximum absolute atomic E-state index is 12.5. The van der Waals surface area contributed by atoms with Crippen LogP contribution < -0.4 is 0 Å². The van der Waals surface area contributed by atoms with E-state index in [1.807, 2.05) is 0 Å². The van der Waals surface area contributed by atoms with Crippen LogP contribution in [0.15, 0.2) is 39.7 Å². The molecule has 1 saturated heterocycles. The van der Waals surface area contributed by atoms with Crippen LogP contribution >= 0.6 is 24.0 Å². The molecule has 0 unspecified atom stereocenters. The Bertz CT molecular complexity index is 1040. The zero-order valence-corrected chi connectivity index (χ0v) is 16.9. The van der Waals surface area contributed by atoms with Gasteiger partial charge in [0.2, 0.25) is 0 Å². The minimum atomic E-state index is -0.926. The zero-order chi connectivity index (χ0) is 21.1. The number of thioether (sulfide) groups is 1. The number of nitro benzene ring substituents is 1. The van der Waals surface area contributed by atoms with Gasteiger partial charge in [-0.3, -0.25) is 24.6 Å². The molecule has 1 aromatic heterocycles. The molecule has 1 amide bonds. The Hall–Kier alpha value is -2.98. The molecule has 1 fully saturated rings. The molecule has 29 heavy (non-hydrogen) atoms. The highest BCUT2D eigenvalue weighted by Crippen LogP contribution is 2.34. The molecule has 0 spiro atoms. The number of hydrogen-bond donors (Lipinski definition) is 1. The Morgan fingerprint density at radius 1 is 1.38 bits per heavy atom. The summed E-state index contributed by atoms with van der Waals surface area (Å²) < 4.78 is 6.10. The van der Waals surface area contributed by atoms with Gasteiger partial charge in [0.1, 0.15) is 15.8 Å². The van der Waals surface area contributed by atoms with Crippen molar-refractivity contribution in [2.75, 3.05) is 6.54 Å². The van der Waals surface area contributed by atoms with Gasteiger partial charge in [-0.2, -0.15) is 0 Å². The zero-order valence-electron chi connectivity index (χ0n) is 15.3. The van der Waals surface area contributed by atoms with Crippen molar-refractivity contribution in [3.63, 3.8) is 0 Å². The van der Waals surface area contributed by atoms with Crippen LogP contribution in [0.4, 0.5) is 5.69 Å². The number of aliphatic carboxylic acids is 1. The number of carbonyl (C=O) groups is 2. The maximum Gasteiger partial charge on any atom is 0.303 e. The number of amides is 1. The van der Waals surface area contributed by atoms with E-state index in [2.05, 4.69) is 0 Å². The van der Waals surface area contributed by atoms with E-state index >= 15 is 0 Å².